The summed E-state index contributed by atoms with van der Waals surface area (Å²) in [5.74, 6) is -0.536. The van der Waals surface area contributed by atoms with Crippen molar-refractivity contribution in [1.82, 2.24) is 0 Å². The molecule has 0 aliphatic heterocycles. The van der Waals surface area contributed by atoms with Crippen molar-refractivity contribution in [2.45, 2.75) is 6.42 Å². The minimum atomic E-state index is -0.536. The molecule has 1 N–H and O–H groups in total. The molecule has 1 aromatic rings. The zero-order chi connectivity index (χ0) is 7.40. The Morgan fingerprint density at radius 1 is 1.27 bits per heavy atom. The third kappa shape index (κ3) is 4.71. The van der Waals surface area contributed by atoms with Crippen LogP contribution in [0.15, 0.2) is 30.3 Å². The largest absolute Gasteiger partial charge is 1.00 e. The Morgan fingerprint density at radius 3 is 2.27 bits per heavy atom. The normalized spacial score (nSPS) is 8.36. The third-order valence-electron chi connectivity index (χ3n) is 1.21. The monoisotopic (exact) mass is 173 g/mol. The first kappa shape index (κ1) is 11.3. The van der Waals surface area contributed by atoms with Crippen molar-refractivity contribution in [2.24, 2.45) is 0 Å². The van der Waals surface area contributed by atoms with E-state index in [0.29, 0.717) is 0 Å². The summed E-state index contributed by atoms with van der Waals surface area (Å²) in [6, 6.07) is 9.29. The summed E-state index contributed by atoms with van der Waals surface area (Å²) in [4.78, 5) is 10.3. The molecule has 0 fully saturated rings. The summed E-state index contributed by atoms with van der Waals surface area (Å²) < 4.78 is 0. The van der Waals surface area contributed by atoms with Crippen LogP contribution in [0.1, 0.15) is 5.56 Å². The molecule has 0 aliphatic carbocycles. The van der Waals surface area contributed by atoms with E-state index in [1.165, 1.54) is 0 Å². The Kier molecular flexibility index (Phi) is 6.09. The minimum absolute atomic E-state index is 0. The fourth-order valence-electron chi connectivity index (χ4n) is 0.781. The van der Waals surface area contributed by atoms with Crippen LogP contribution in [0.3, 0.4) is 0 Å². The van der Waals surface area contributed by atoms with Crippen molar-refractivity contribution < 1.29 is 56.2 Å². The predicted molar refractivity (Wildman–Crippen MR) is 39.5 cm³/mol. The molecule has 0 saturated heterocycles. The maximum Gasteiger partial charge on any atom is 1.00 e. The molecule has 0 aromatic heterocycles. The molecule has 3 heteroatoms. The Balaban J connectivity index is 0.000001000. The standard InChI is InChI=1S/C8H9NO.K/c9-8(10)6-7-4-2-1-3-5-7;/h1-5H,6H2,(H2,9,10);/q;+1/p-1. The first-order valence-electron chi connectivity index (χ1n) is 3.07. The van der Waals surface area contributed by atoms with Crippen molar-refractivity contribution in [1.29, 1.82) is 0 Å². The Morgan fingerprint density at radius 2 is 1.82 bits per heavy atom. The average Bonchev–Trinajstić information content (AvgIpc) is 1.88. The number of rotatable bonds is 2. The summed E-state index contributed by atoms with van der Waals surface area (Å²) in [6.07, 6.45) is 0.223. The molecular weight excluding hydrogens is 165 g/mol. The summed E-state index contributed by atoms with van der Waals surface area (Å²) in [5, 5.41) is 0. The second kappa shape index (κ2) is 5.91. The molecule has 52 valence electrons. The topological polar surface area (TPSA) is 40.9 Å². The van der Waals surface area contributed by atoms with E-state index >= 15 is 0 Å². The van der Waals surface area contributed by atoms with Crippen LogP contribution >= 0.6 is 0 Å². The van der Waals surface area contributed by atoms with Gasteiger partial charge in [0.2, 0.25) is 0 Å². The maximum absolute atomic E-state index is 10.3. The minimum Gasteiger partial charge on any atom is -0.667 e. The van der Waals surface area contributed by atoms with Crippen LogP contribution in [0.5, 0.6) is 0 Å². The van der Waals surface area contributed by atoms with Gasteiger partial charge in [0.1, 0.15) is 0 Å². The van der Waals surface area contributed by atoms with Gasteiger partial charge in [-0.05, 0) is 5.56 Å². The molecule has 0 spiro atoms. The second-order valence-corrected chi connectivity index (χ2v) is 2.09. The molecule has 0 unspecified atom stereocenters. The molecule has 11 heavy (non-hydrogen) atoms. The maximum atomic E-state index is 10.3. The van der Waals surface area contributed by atoms with Gasteiger partial charge in [0.05, 0.1) is 5.91 Å². The SMILES string of the molecule is [K+].[NH-]C(=O)Cc1ccccc1. The van der Waals surface area contributed by atoms with Crippen LogP contribution in [0.25, 0.3) is 5.73 Å². The number of carbonyl (C=O) groups excluding carboxylic acids is 1. The van der Waals surface area contributed by atoms with E-state index in [1.807, 2.05) is 30.3 Å². The predicted octanol–water partition coefficient (Wildman–Crippen LogP) is -1.19. The average molecular weight is 173 g/mol. The molecule has 1 amide bonds. The van der Waals surface area contributed by atoms with Gasteiger partial charge in [-0.1, -0.05) is 30.3 Å². The summed E-state index contributed by atoms with van der Waals surface area (Å²) in [6.45, 7) is 0. The van der Waals surface area contributed by atoms with Crippen molar-refractivity contribution in [3.63, 3.8) is 0 Å². The number of hydrogen-bond acceptors (Lipinski definition) is 1. The van der Waals surface area contributed by atoms with Gasteiger partial charge >= 0.3 is 51.4 Å². The van der Waals surface area contributed by atoms with Gasteiger partial charge < -0.3 is 10.5 Å². The van der Waals surface area contributed by atoms with E-state index in [4.69, 9.17) is 5.73 Å². The van der Waals surface area contributed by atoms with Gasteiger partial charge in [-0.15, -0.1) is 0 Å². The number of carbonyl (C=O) groups is 1. The number of benzene rings is 1. The molecule has 0 aliphatic rings. The van der Waals surface area contributed by atoms with E-state index in [9.17, 15) is 4.79 Å². The first-order chi connectivity index (χ1) is 4.79. The number of nitrogens with one attached hydrogen (secondary N) is 1. The van der Waals surface area contributed by atoms with E-state index in [0.717, 1.165) is 5.56 Å². The van der Waals surface area contributed by atoms with E-state index < -0.39 is 5.91 Å². The summed E-state index contributed by atoms with van der Waals surface area (Å²) in [5.41, 5.74) is 7.58. The van der Waals surface area contributed by atoms with Gasteiger partial charge in [0, 0.05) is 6.42 Å². The summed E-state index contributed by atoms with van der Waals surface area (Å²) >= 11 is 0. The zero-order valence-electron chi connectivity index (χ0n) is 6.50. The molecule has 0 heterocycles. The Hall–Kier alpha value is 0.326. The Labute approximate surface area is 109 Å². The number of amides is 1. The van der Waals surface area contributed by atoms with Crippen molar-refractivity contribution in [3.05, 3.63) is 41.6 Å². The summed E-state index contributed by atoms with van der Waals surface area (Å²) in [7, 11) is 0. The fourth-order valence-corrected chi connectivity index (χ4v) is 0.781. The molecule has 0 saturated carbocycles. The van der Waals surface area contributed by atoms with Gasteiger partial charge in [0.25, 0.3) is 0 Å². The molecule has 0 radical (unpaired) electrons. The first-order valence-corrected chi connectivity index (χ1v) is 3.07. The zero-order valence-corrected chi connectivity index (χ0v) is 9.63. The van der Waals surface area contributed by atoms with Crippen LogP contribution in [-0.2, 0) is 11.2 Å². The second-order valence-electron chi connectivity index (χ2n) is 2.09. The van der Waals surface area contributed by atoms with E-state index in [2.05, 4.69) is 0 Å². The molecular formula is C8H8KNO. The van der Waals surface area contributed by atoms with Gasteiger partial charge in [-0.25, -0.2) is 0 Å². The third-order valence-corrected chi connectivity index (χ3v) is 1.21. The van der Waals surface area contributed by atoms with Crippen molar-refractivity contribution in [2.75, 3.05) is 0 Å². The van der Waals surface area contributed by atoms with Gasteiger partial charge in [-0.2, -0.15) is 0 Å². The molecule has 1 rings (SSSR count). The van der Waals surface area contributed by atoms with Crippen molar-refractivity contribution in [3.8, 4) is 0 Å². The molecule has 1 aromatic carbocycles. The fraction of sp³-hybridized carbons (Fsp3) is 0.125. The smallest absolute Gasteiger partial charge is 0.667 e. The number of hydrogen-bond donors (Lipinski definition) is 0. The van der Waals surface area contributed by atoms with E-state index in [1.54, 1.807) is 0 Å². The van der Waals surface area contributed by atoms with Crippen LogP contribution in [-0.4, -0.2) is 5.91 Å². The molecule has 0 bridgehead atoms. The van der Waals surface area contributed by atoms with Gasteiger partial charge in [0.15, 0.2) is 0 Å². The van der Waals surface area contributed by atoms with Crippen LogP contribution in [0, 0.1) is 0 Å². The molecule has 0 atom stereocenters. The quantitative estimate of drug-likeness (QED) is 0.519. The molecule has 2 nitrogen and oxygen atoms in total. The van der Waals surface area contributed by atoms with Crippen LogP contribution in [0.2, 0.25) is 0 Å². The van der Waals surface area contributed by atoms with E-state index in [-0.39, 0.29) is 57.8 Å². The van der Waals surface area contributed by atoms with Crippen molar-refractivity contribution >= 4 is 5.91 Å². The van der Waals surface area contributed by atoms with Crippen LogP contribution in [0.4, 0.5) is 0 Å². The Bertz CT molecular complexity index is 223. The van der Waals surface area contributed by atoms with Crippen LogP contribution < -0.4 is 51.4 Å². The van der Waals surface area contributed by atoms with Gasteiger partial charge in [-0.3, -0.25) is 0 Å².